The third-order valence-electron chi connectivity index (χ3n) is 2.05. The molecule has 0 bridgehead atoms. The fourth-order valence-corrected chi connectivity index (χ4v) is 5.52. The molecule has 1 aromatic carbocycles. The first-order chi connectivity index (χ1) is 7.66. The van der Waals surface area contributed by atoms with Gasteiger partial charge in [-0.3, -0.25) is 4.57 Å². The van der Waals surface area contributed by atoms with E-state index in [9.17, 15) is 14.4 Å². The van der Waals surface area contributed by atoms with Gasteiger partial charge in [-0.05, 0) is 29.5 Å². The first kappa shape index (κ1) is 14.8. The molecule has 0 heterocycles. The van der Waals surface area contributed by atoms with Gasteiger partial charge in [0.05, 0.1) is 7.11 Å². The first-order valence-electron chi connectivity index (χ1n) is 4.40. The van der Waals surface area contributed by atoms with Crippen LogP contribution in [-0.4, -0.2) is 26.7 Å². The summed E-state index contributed by atoms with van der Waals surface area (Å²) in [7, 11) is -3.30. The van der Waals surface area contributed by atoms with Gasteiger partial charge in [0, 0.05) is 0 Å². The van der Waals surface area contributed by atoms with Crippen LogP contribution in [0.4, 0.5) is 0 Å². The number of ether oxygens (including phenoxy) is 1. The second kappa shape index (κ2) is 5.16. The zero-order valence-corrected chi connectivity index (χ0v) is 11.4. The smallest absolute Gasteiger partial charge is 0.342 e. The topological polar surface area (TPSA) is 107 Å². The summed E-state index contributed by atoms with van der Waals surface area (Å²) >= 11 is 4.40. The molecule has 1 rings (SSSR count). The van der Waals surface area contributed by atoms with Crippen molar-refractivity contribution in [2.45, 2.75) is 5.40 Å². The van der Waals surface area contributed by atoms with E-state index in [0.29, 0.717) is 5.75 Å². The van der Waals surface area contributed by atoms with Crippen molar-refractivity contribution >= 4 is 25.9 Å². The van der Waals surface area contributed by atoms with Crippen molar-refractivity contribution in [3.05, 3.63) is 29.8 Å². The fraction of sp³-hybridized carbons (Fsp3) is 0.250. The molecule has 0 radical (unpaired) electrons. The van der Waals surface area contributed by atoms with E-state index < -0.39 is 19.5 Å². The molecule has 9 heteroatoms. The van der Waals surface area contributed by atoms with Crippen LogP contribution < -0.4 is 4.74 Å². The minimum absolute atomic E-state index is 0.0764. The van der Waals surface area contributed by atoms with Gasteiger partial charge in [-0.15, -0.1) is 0 Å². The van der Waals surface area contributed by atoms with E-state index in [1.54, 1.807) is 0 Å². The Morgan fingerprint density at radius 3 is 1.94 bits per heavy atom. The van der Waals surface area contributed by atoms with Crippen molar-refractivity contribution in [2.75, 3.05) is 7.11 Å². The lowest BCUT2D eigenvalue weighted by molar-refractivity contribution is 0.363. The summed E-state index contributed by atoms with van der Waals surface area (Å²) in [5, 5.41) is -1.77. The molecule has 17 heavy (non-hydrogen) atoms. The SMILES string of the molecule is COc1ccc(C(P(=O)(O)O)P(O)(O)=S)cc1. The third-order valence-corrected chi connectivity index (χ3v) is 6.89. The lowest BCUT2D eigenvalue weighted by Crippen LogP contribution is -2.01. The third kappa shape index (κ3) is 3.86. The Morgan fingerprint density at radius 2 is 1.65 bits per heavy atom. The Bertz CT molecular complexity index is 453. The van der Waals surface area contributed by atoms with Gasteiger partial charge in [-0.2, -0.15) is 0 Å². The molecule has 0 fully saturated rings. The van der Waals surface area contributed by atoms with E-state index >= 15 is 0 Å². The molecule has 0 saturated carbocycles. The quantitative estimate of drug-likeness (QED) is 0.618. The van der Waals surface area contributed by atoms with Gasteiger partial charge in [0.2, 0.25) is 6.49 Å². The predicted molar refractivity (Wildman–Crippen MR) is 66.5 cm³/mol. The largest absolute Gasteiger partial charge is 0.497 e. The predicted octanol–water partition coefficient (Wildman–Crippen LogP) is 1.17. The summed E-state index contributed by atoms with van der Waals surface area (Å²) in [6, 6.07) is 5.61. The Balaban J connectivity index is 3.24. The van der Waals surface area contributed by atoms with Gasteiger partial charge in [-0.25, -0.2) is 0 Å². The van der Waals surface area contributed by atoms with E-state index in [4.69, 9.17) is 14.5 Å². The molecule has 4 N–H and O–H groups in total. The summed E-state index contributed by atoms with van der Waals surface area (Å²) in [5.74, 6) is 0.488. The summed E-state index contributed by atoms with van der Waals surface area (Å²) in [4.78, 5) is 36.9. The second-order valence-corrected chi connectivity index (χ2v) is 8.73. The molecule has 0 aromatic heterocycles. The number of methoxy groups -OCH3 is 1. The molecule has 1 atom stereocenters. The van der Waals surface area contributed by atoms with Gasteiger partial charge < -0.3 is 24.3 Å². The maximum atomic E-state index is 11.2. The van der Waals surface area contributed by atoms with E-state index in [0.717, 1.165) is 0 Å². The van der Waals surface area contributed by atoms with Gasteiger partial charge in [-0.1, -0.05) is 12.1 Å². The molecule has 96 valence electrons. The number of hydrogen-bond acceptors (Lipinski definition) is 3. The van der Waals surface area contributed by atoms with E-state index in [2.05, 4.69) is 11.8 Å². The number of rotatable bonds is 4. The maximum absolute atomic E-state index is 11.2. The molecule has 0 aliphatic rings. The molecule has 1 unspecified atom stereocenters. The Morgan fingerprint density at radius 1 is 1.18 bits per heavy atom. The average molecular weight is 298 g/mol. The Labute approximate surface area is 103 Å². The molecule has 1 aromatic rings. The van der Waals surface area contributed by atoms with Crippen molar-refractivity contribution in [1.82, 2.24) is 0 Å². The highest BCUT2D eigenvalue weighted by Gasteiger charge is 2.41. The zero-order chi connectivity index (χ0) is 13.3. The molecular weight excluding hydrogens is 286 g/mol. The van der Waals surface area contributed by atoms with Crippen LogP contribution >= 0.6 is 14.1 Å². The highest BCUT2D eigenvalue weighted by Crippen LogP contribution is 2.69. The van der Waals surface area contributed by atoms with Gasteiger partial charge in [0.25, 0.3) is 0 Å². The van der Waals surface area contributed by atoms with Crippen molar-refractivity contribution in [3.63, 3.8) is 0 Å². The number of hydrogen-bond donors (Lipinski definition) is 4. The van der Waals surface area contributed by atoms with Crippen LogP contribution in [0, 0.1) is 0 Å². The second-order valence-electron chi connectivity index (χ2n) is 3.33. The maximum Gasteiger partial charge on any atom is 0.342 e. The van der Waals surface area contributed by atoms with E-state index in [1.807, 2.05) is 0 Å². The molecular formula is C8H12O6P2S. The zero-order valence-electron chi connectivity index (χ0n) is 8.79. The van der Waals surface area contributed by atoms with Gasteiger partial charge in [0.1, 0.15) is 5.75 Å². The number of benzene rings is 1. The fourth-order valence-electron chi connectivity index (χ4n) is 1.36. The minimum Gasteiger partial charge on any atom is -0.497 e. The highest BCUT2D eigenvalue weighted by atomic mass is 32.5. The molecule has 0 saturated heterocycles. The van der Waals surface area contributed by atoms with Crippen molar-refractivity contribution in [1.29, 1.82) is 0 Å². The van der Waals surface area contributed by atoms with Crippen molar-refractivity contribution in [2.24, 2.45) is 0 Å². The van der Waals surface area contributed by atoms with Crippen molar-refractivity contribution in [3.8, 4) is 5.75 Å². The molecule has 0 amide bonds. The van der Waals surface area contributed by atoms with Gasteiger partial charge in [0.15, 0.2) is 5.40 Å². The van der Waals surface area contributed by atoms with E-state index in [-0.39, 0.29) is 5.56 Å². The van der Waals surface area contributed by atoms with E-state index in [1.165, 1.54) is 31.4 Å². The van der Waals surface area contributed by atoms with Crippen molar-refractivity contribution < 1.29 is 28.9 Å². The lowest BCUT2D eigenvalue weighted by Gasteiger charge is -2.22. The standard InChI is InChI=1S/C8H12O6P2S/c1-14-7-4-2-6(3-5-7)8(15(9,10)11)16(12,13)17/h2-5,8H,1H3,(H2,9,10,11)(H2,12,13,17). The lowest BCUT2D eigenvalue weighted by atomic mass is 10.2. The van der Waals surface area contributed by atoms with Crippen LogP contribution in [0.1, 0.15) is 11.0 Å². The summed E-state index contributed by atoms with van der Waals surface area (Å²) in [6.07, 6.45) is 0. The Kier molecular flexibility index (Phi) is 4.49. The molecule has 0 aliphatic carbocycles. The minimum atomic E-state index is -4.74. The Hall–Kier alpha value is -0.260. The summed E-state index contributed by atoms with van der Waals surface area (Å²) in [6.45, 7) is -4.11. The van der Waals surface area contributed by atoms with Crippen LogP contribution in [0.3, 0.4) is 0 Å². The highest BCUT2D eigenvalue weighted by molar-refractivity contribution is 8.11. The van der Waals surface area contributed by atoms with Crippen LogP contribution in [-0.2, 0) is 16.4 Å². The summed E-state index contributed by atoms with van der Waals surface area (Å²) in [5.41, 5.74) is 0.0764. The van der Waals surface area contributed by atoms with Gasteiger partial charge >= 0.3 is 7.60 Å². The first-order valence-corrected chi connectivity index (χ1v) is 8.86. The summed E-state index contributed by atoms with van der Waals surface area (Å²) < 4.78 is 16.1. The van der Waals surface area contributed by atoms with Crippen LogP contribution in [0.15, 0.2) is 24.3 Å². The molecule has 6 nitrogen and oxygen atoms in total. The van der Waals surface area contributed by atoms with Crippen LogP contribution in [0.2, 0.25) is 0 Å². The monoisotopic (exact) mass is 298 g/mol. The van der Waals surface area contributed by atoms with Crippen LogP contribution in [0.5, 0.6) is 5.75 Å². The normalized spacial score (nSPS) is 14.4. The molecule has 0 spiro atoms. The molecule has 0 aliphatic heterocycles. The average Bonchev–Trinajstić information content (AvgIpc) is 2.14. The van der Waals surface area contributed by atoms with Crippen LogP contribution in [0.25, 0.3) is 0 Å².